The molecule has 0 bridgehead atoms. The second kappa shape index (κ2) is 12.8. The van der Waals surface area contributed by atoms with Crippen LogP contribution in [0.3, 0.4) is 0 Å². The molecule has 0 aliphatic carbocycles. The average molecular weight is 617 g/mol. The summed E-state index contributed by atoms with van der Waals surface area (Å²) in [7, 11) is 0. The highest BCUT2D eigenvalue weighted by molar-refractivity contribution is 5.94. The molecule has 3 heterocycles. The zero-order valence-corrected chi connectivity index (χ0v) is 26.4. The molecule has 8 rings (SSSR count). The van der Waals surface area contributed by atoms with Crippen LogP contribution in [0, 0.1) is 0 Å². The van der Waals surface area contributed by atoms with E-state index in [1.54, 1.807) is 0 Å². The van der Waals surface area contributed by atoms with Crippen molar-refractivity contribution in [3.63, 3.8) is 0 Å². The molecule has 1 aliphatic rings. The molecule has 7 aromatic rings. The maximum absolute atomic E-state index is 5.04. The van der Waals surface area contributed by atoms with Crippen LogP contribution in [0.15, 0.2) is 177 Å². The van der Waals surface area contributed by atoms with Crippen molar-refractivity contribution in [1.82, 2.24) is 15.0 Å². The van der Waals surface area contributed by atoms with Crippen LogP contribution in [0.4, 0.5) is 11.4 Å². The molecule has 0 atom stereocenters. The van der Waals surface area contributed by atoms with Crippen LogP contribution in [-0.2, 0) is 0 Å². The first kappa shape index (κ1) is 29.0. The molecule has 2 aromatic heterocycles. The summed E-state index contributed by atoms with van der Waals surface area (Å²) in [4.78, 5) is 17.0. The zero-order chi connectivity index (χ0) is 32.3. The molecule has 0 saturated carbocycles. The van der Waals surface area contributed by atoms with Gasteiger partial charge in [0.25, 0.3) is 0 Å². The third-order valence-electron chi connectivity index (χ3n) is 8.75. The Morgan fingerprint density at radius 3 is 2.08 bits per heavy atom. The summed E-state index contributed by atoms with van der Waals surface area (Å²) in [5, 5.41) is 1.06. The first-order valence-electron chi connectivity index (χ1n) is 16.1. The summed E-state index contributed by atoms with van der Waals surface area (Å²) in [6.07, 6.45) is 10.2. The monoisotopic (exact) mass is 616 g/mol. The Morgan fingerprint density at radius 1 is 0.562 bits per heavy atom. The number of para-hydroxylation sites is 2. The number of pyridine rings is 1. The summed E-state index contributed by atoms with van der Waals surface area (Å²) in [6.45, 7) is 5.07. The molecule has 0 N–H and O–H groups in total. The molecule has 0 radical (unpaired) electrons. The van der Waals surface area contributed by atoms with Gasteiger partial charge in [0, 0.05) is 51.8 Å². The fraction of sp³-hybridized carbons (Fsp3) is 0.0227. The minimum Gasteiger partial charge on any atom is -0.337 e. The molecule has 0 spiro atoms. The molecule has 0 unspecified atom stereocenters. The van der Waals surface area contributed by atoms with Gasteiger partial charge in [-0.3, -0.25) is 4.98 Å². The SMILES string of the molecule is C=C1/C=C\C=C/CN(c2ccc(-c3ccc(-c4cc(-c5ccnc6ccccc56)nc(-c5ccccc5)n4)cc3)cc2)c2ccccc21. The maximum Gasteiger partial charge on any atom is 0.160 e. The third kappa shape index (κ3) is 5.72. The maximum atomic E-state index is 5.04. The molecule has 48 heavy (non-hydrogen) atoms. The second-order valence-corrected chi connectivity index (χ2v) is 11.8. The van der Waals surface area contributed by atoms with Gasteiger partial charge < -0.3 is 4.90 Å². The Hall–Kier alpha value is -6.39. The van der Waals surface area contributed by atoms with Gasteiger partial charge in [-0.15, -0.1) is 0 Å². The van der Waals surface area contributed by atoms with E-state index in [1.807, 2.05) is 48.7 Å². The lowest BCUT2D eigenvalue weighted by Crippen LogP contribution is -2.18. The van der Waals surface area contributed by atoms with Crippen LogP contribution in [-0.4, -0.2) is 21.5 Å². The first-order valence-corrected chi connectivity index (χ1v) is 16.1. The highest BCUT2D eigenvalue weighted by Crippen LogP contribution is 2.35. The number of hydrogen-bond donors (Lipinski definition) is 0. The van der Waals surface area contributed by atoms with Crippen LogP contribution in [0.2, 0.25) is 0 Å². The summed E-state index contributed by atoms with van der Waals surface area (Å²) < 4.78 is 0. The summed E-state index contributed by atoms with van der Waals surface area (Å²) >= 11 is 0. The van der Waals surface area contributed by atoms with E-state index in [4.69, 9.17) is 9.97 Å². The zero-order valence-electron chi connectivity index (χ0n) is 26.4. The lowest BCUT2D eigenvalue weighted by Gasteiger charge is -2.26. The van der Waals surface area contributed by atoms with Gasteiger partial charge in [0.05, 0.1) is 16.9 Å². The highest BCUT2D eigenvalue weighted by Gasteiger charge is 2.16. The smallest absolute Gasteiger partial charge is 0.160 e. The van der Waals surface area contributed by atoms with Crippen LogP contribution in [0.5, 0.6) is 0 Å². The highest BCUT2D eigenvalue weighted by atomic mass is 15.1. The summed E-state index contributed by atoms with van der Waals surface area (Å²) in [5.41, 5.74) is 12.4. The predicted molar refractivity (Wildman–Crippen MR) is 200 cm³/mol. The predicted octanol–water partition coefficient (Wildman–Crippen LogP) is 11.0. The number of benzene rings is 5. The average Bonchev–Trinajstić information content (AvgIpc) is 3.24. The molecule has 5 aromatic carbocycles. The van der Waals surface area contributed by atoms with Crippen molar-refractivity contribution in [3.05, 3.63) is 182 Å². The van der Waals surface area contributed by atoms with Crippen LogP contribution in [0.25, 0.3) is 61.5 Å². The molecule has 0 saturated heterocycles. The van der Waals surface area contributed by atoms with Gasteiger partial charge >= 0.3 is 0 Å². The van der Waals surface area contributed by atoms with Gasteiger partial charge in [-0.1, -0.05) is 134 Å². The van der Waals surface area contributed by atoms with Gasteiger partial charge in [-0.25, -0.2) is 9.97 Å². The van der Waals surface area contributed by atoms with Crippen molar-refractivity contribution < 1.29 is 0 Å². The molecule has 0 amide bonds. The van der Waals surface area contributed by atoms with Crippen molar-refractivity contribution in [3.8, 4) is 45.0 Å². The Labute approximate surface area is 280 Å². The molecular formula is C44H32N4. The fourth-order valence-electron chi connectivity index (χ4n) is 6.27. The van der Waals surface area contributed by atoms with Gasteiger partial charge in [0.1, 0.15) is 0 Å². The third-order valence-corrected chi connectivity index (χ3v) is 8.75. The van der Waals surface area contributed by atoms with Crippen molar-refractivity contribution in [2.24, 2.45) is 0 Å². The van der Waals surface area contributed by atoms with Gasteiger partial charge in [0.2, 0.25) is 0 Å². The topological polar surface area (TPSA) is 41.9 Å². The van der Waals surface area contributed by atoms with E-state index in [2.05, 4.69) is 138 Å². The Balaban J connectivity index is 1.13. The molecule has 1 aliphatic heterocycles. The molecular weight excluding hydrogens is 585 g/mol. The van der Waals surface area contributed by atoms with E-state index in [0.29, 0.717) is 5.82 Å². The Kier molecular flexibility index (Phi) is 7.73. The van der Waals surface area contributed by atoms with Gasteiger partial charge in [-0.2, -0.15) is 0 Å². The quantitative estimate of drug-likeness (QED) is 0.193. The van der Waals surface area contributed by atoms with Gasteiger partial charge in [0.15, 0.2) is 5.82 Å². The standard InChI is InChI=1S/C44H32N4/c1-31-12-4-3-11-29-48(43-18-10-8-15-37(31)43)36-25-23-33(24-26-36)32-19-21-34(22-20-32)41-30-42(47-44(46-41)35-13-5-2-6-14-35)39-27-28-45-40-17-9-7-16-38(39)40/h2-28,30H,1,29H2/b11-3-,12-4-. The first-order chi connectivity index (χ1) is 23.7. The lowest BCUT2D eigenvalue weighted by atomic mass is 10.00. The van der Waals surface area contributed by atoms with Gasteiger partial charge in [-0.05, 0) is 53.1 Å². The second-order valence-electron chi connectivity index (χ2n) is 11.8. The Bertz CT molecular complexity index is 2310. The minimum atomic E-state index is 0.694. The molecule has 0 fully saturated rings. The van der Waals surface area contributed by atoms with Crippen LogP contribution >= 0.6 is 0 Å². The lowest BCUT2D eigenvalue weighted by molar-refractivity contribution is 1.09. The normalized spacial score (nSPS) is 14.1. The fourth-order valence-corrected chi connectivity index (χ4v) is 6.27. The van der Waals surface area contributed by atoms with E-state index in [-0.39, 0.29) is 0 Å². The minimum absolute atomic E-state index is 0.694. The summed E-state index contributed by atoms with van der Waals surface area (Å²) in [6, 6.07) is 48.3. The number of allylic oxidation sites excluding steroid dienone is 4. The van der Waals surface area contributed by atoms with E-state index in [9.17, 15) is 0 Å². The molecule has 4 heteroatoms. The number of hydrogen-bond acceptors (Lipinski definition) is 4. The van der Waals surface area contributed by atoms with Crippen LogP contribution in [0.1, 0.15) is 5.56 Å². The number of aromatic nitrogens is 3. The van der Waals surface area contributed by atoms with Crippen LogP contribution < -0.4 is 4.90 Å². The Morgan fingerprint density at radius 2 is 1.25 bits per heavy atom. The molecule has 228 valence electrons. The van der Waals surface area contributed by atoms with Crippen molar-refractivity contribution >= 4 is 27.9 Å². The number of fused-ring (bicyclic) bond motifs is 2. The number of rotatable bonds is 5. The molecule has 4 nitrogen and oxygen atoms in total. The largest absolute Gasteiger partial charge is 0.337 e. The number of nitrogens with zero attached hydrogens (tertiary/aromatic N) is 4. The van der Waals surface area contributed by atoms with E-state index < -0.39 is 0 Å². The van der Waals surface area contributed by atoms with Crippen molar-refractivity contribution in [2.45, 2.75) is 0 Å². The van der Waals surface area contributed by atoms with Crippen molar-refractivity contribution in [1.29, 1.82) is 0 Å². The van der Waals surface area contributed by atoms with E-state index in [0.717, 1.165) is 79.2 Å². The van der Waals surface area contributed by atoms with E-state index >= 15 is 0 Å². The van der Waals surface area contributed by atoms with Crippen molar-refractivity contribution in [2.75, 3.05) is 11.4 Å². The van der Waals surface area contributed by atoms with E-state index in [1.165, 1.54) is 0 Å². The number of anilines is 2. The summed E-state index contributed by atoms with van der Waals surface area (Å²) in [5.74, 6) is 0.694.